The van der Waals surface area contributed by atoms with E-state index in [0.717, 1.165) is 12.0 Å². The molecule has 0 aliphatic rings. The average Bonchev–Trinajstić information content (AvgIpc) is 3.19. The van der Waals surface area contributed by atoms with Crippen molar-refractivity contribution < 1.29 is 0 Å². The largest absolute Gasteiger partial charge is 0.309 e. The van der Waals surface area contributed by atoms with Gasteiger partial charge in [-0.25, -0.2) is 0 Å². The summed E-state index contributed by atoms with van der Waals surface area (Å²) < 4.78 is 2.36. The molecule has 0 saturated heterocycles. The van der Waals surface area contributed by atoms with Gasteiger partial charge in [-0.1, -0.05) is 97.1 Å². The van der Waals surface area contributed by atoms with Crippen molar-refractivity contribution in [3.05, 3.63) is 139 Å². The highest BCUT2D eigenvalue weighted by molar-refractivity contribution is 6.10. The third-order valence-corrected chi connectivity index (χ3v) is 6.34. The summed E-state index contributed by atoms with van der Waals surface area (Å²) in [6.07, 6.45) is 9.31. The van der Waals surface area contributed by atoms with Crippen LogP contribution in [0, 0.1) is 6.92 Å². The van der Waals surface area contributed by atoms with Crippen LogP contribution in [-0.2, 0) is 6.42 Å². The Morgan fingerprint density at radius 1 is 0.765 bits per heavy atom. The predicted octanol–water partition coefficient (Wildman–Crippen LogP) is 8.99. The second-order valence-electron chi connectivity index (χ2n) is 8.90. The SMILES string of the molecule is C=C(C)/C=C\C=C/Cc1cc(-c2ccc3c(c2)c2ccccc2n3-c2ccccc2)ccc1C. The van der Waals surface area contributed by atoms with Crippen molar-refractivity contribution in [1.29, 1.82) is 0 Å². The van der Waals surface area contributed by atoms with Gasteiger partial charge in [-0.2, -0.15) is 0 Å². The number of aromatic nitrogens is 1. The van der Waals surface area contributed by atoms with Gasteiger partial charge in [0.2, 0.25) is 0 Å². The molecule has 34 heavy (non-hydrogen) atoms. The molecular weight excluding hydrogens is 410 g/mol. The van der Waals surface area contributed by atoms with Gasteiger partial charge in [-0.3, -0.25) is 0 Å². The number of para-hydroxylation sites is 2. The van der Waals surface area contributed by atoms with Gasteiger partial charge >= 0.3 is 0 Å². The summed E-state index contributed by atoms with van der Waals surface area (Å²) in [5, 5.41) is 2.56. The van der Waals surface area contributed by atoms with E-state index in [1.807, 2.05) is 13.0 Å². The van der Waals surface area contributed by atoms with E-state index in [4.69, 9.17) is 0 Å². The van der Waals surface area contributed by atoms with Crippen molar-refractivity contribution in [1.82, 2.24) is 4.57 Å². The molecule has 0 fully saturated rings. The Hall–Kier alpha value is -4.10. The number of aryl methyl sites for hydroxylation is 1. The number of rotatable bonds is 6. The molecule has 0 saturated carbocycles. The highest BCUT2D eigenvalue weighted by Gasteiger charge is 2.13. The molecule has 1 nitrogen and oxygen atoms in total. The van der Waals surface area contributed by atoms with Gasteiger partial charge in [0, 0.05) is 16.5 Å². The lowest BCUT2D eigenvalue weighted by Gasteiger charge is -2.10. The molecule has 1 aromatic heterocycles. The molecule has 0 amide bonds. The fourth-order valence-electron chi connectivity index (χ4n) is 4.57. The van der Waals surface area contributed by atoms with Crippen LogP contribution in [0.5, 0.6) is 0 Å². The minimum atomic E-state index is 0.912. The normalized spacial score (nSPS) is 11.8. The van der Waals surface area contributed by atoms with Crippen LogP contribution in [0.3, 0.4) is 0 Å². The second kappa shape index (κ2) is 9.41. The van der Waals surface area contributed by atoms with Crippen LogP contribution >= 0.6 is 0 Å². The van der Waals surface area contributed by atoms with E-state index < -0.39 is 0 Å². The number of hydrogen-bond acceptors (Lipinski definition) is 0. The molecule has 0 aliphatic carbocycles. The summed E-state index contributed by atoms with van der Waals surface area (Å²) in [5.74, 6) is 0. The summed E-state index contributed by atoms with van der Waals surface area (Å²) in [4.78, 5) is 0. The first kappa shape index (κ1) is 21.7. The Kier molecular flexibility index (Phi) is 6.01. The molecule has 4 aromatic carbocycles. The second-order valence-corrected chi connectivity index (χ2v) is 8.90. The van der Waals surface area contributed by atoms with Crippen LogP contribution in [0.2, 0.25) is 0 Å². The molecule has 0 unspecified atom stereocenters. The number of allylic oxidation sites excluding steroid dienone is 5. The molecule has 0 bridgehead atoms. The molecule has 1 heteroatoms. The summed E-state index contributed by atoms with van der Waals surface area (Å²) in [7, 11) is 0. The van der Waals surface area contributed by atoms with Gasteiger partial charge in [-0.05, 0) is 72.9 Å². The fraction of sp³-hybridized carbons (Fsp3) is 0.0909. The highest BCUT2D eigenvalue weighted by Crippen LogP contribution is 2.35. The van der Waals surface area contributed by atoms with E-state index in [2.05, 4.69) is 127 Å². The Bertz CT molecular complexity index is 1540. The average molecular weight is 440 g/mol. The van der Waals surface area contributed by atoms with Crippen molar-refractivity contribution in [2.45, 2.75) is 20.3 Å². The van der Waals surface area contributed by atoms with Gasteiger partial charge in [-0.15, -0.1) is 0 Å². The molecule has 0 spiro atoms. The van der Waals surface area contributed by atoms with Gasteiger partial charge in [0.05, 0.1) is 11.0 Å². The van der Waals surface area contributed by atoms with Gasteiger partial charge in [0.15, 0.2) is 0 Å². The zero-order chi connectivity index (χ0) is 23.5. The van der Waals surface area contributed by atoms with E-state index in [1.165, 1.54) is 49.7 Å². The van der Waals surface area contributed by atoms with Crippen LogP contribution in [0.1, 0.15) is 18.1 Å². The lowest BCUT2D eigenvalue weighted by molar-refractivity contribution is 1.18. The summed E-state index contributed by atoms with van der Waals surface area (Å²) in [6.45, 7) is 8.10. The van der Waals surface area contributed by atoms with Gasteiger partial charge in [0.1, 0.15) is 0 Å². The highest BCUT2D eigenvalue weighted by atomic mass is 15.0. The third-order valence-electron chi connectivity index (χ3n) is 6.34. The van der Waals surface area contributed by atoms with Gasteiger partial charge in [0.25, 0.3) is 0 Å². The minimum Gasteiger partial charge on any atom is -0.309 e. The fourth-order valence-corrected chi connectivity index (χ4v) is 4.57. The smallest absolute Gasteiger partial charge is 0.0541 e. The zero-order valence-electron chi connectivity index (χ0n) is 19.8. The lowest BCUT2D eigenvalue weighted by atomic mass is 9.97. The number of nitrogens with zero attached hydrogens (tertiary/aromatic N) is 1. The maximum atomic E-state index is 3.91. The molecule has 5 aromatic rings. The van der Waals surface area contributed by atoms with Crippen molar-refractivity contribution in [2.24, 2.45) is 0 Å². The Labute approximate surface area is 202 Å². The maximum absolute atomic E-state index is 3.91. The number of benzene rings is 4. The third kappa shape index (κ3) is 4.25. The monoisotopic (exact) mass is 439 g/mol. The first-order valence-corrected chi connectivity index (χ1v) is 11.8. The molecule has 166 valence electrons. The summed E-state index contributed by atoms with van der Waals surface area (Å²) >= 11 is 0. The number of hydrogen-bond donors (Lipinski definition) is 0. The molecule has 0 N–H and O–H groups in total. The number of fused-ring (bicyclic) bond motifs is 3. The quantitative estimate of drug-likeness (QED) is 0.233. The topological polar surface area (TPSA) is 4.93 Å². The van der Waals surface area contributed by atoms with E-state index in [0.29, 0.717) is 0 Å². The van der Waals surface area contributed by atoms with Gasteiger partial charge < -0.3 is 4.57 Å². The van der Waals surface area contributed by atoms with Crippen LogP contribution in [0.4, 0.5) is 0 Å². The molecule has 0 aliphatic heterocycles. The first-order valence-electron chi connectivity index (χ1n) is 11.8. The first-order chi connectivity index (χ1) is 16.6. The van der Waals surface area contributed by atoms with Crippen molar-refractivity contribution in [2.75, 3.05) is 0 Å². The van der Waals surface area contributed by atoms with Crippen LogP contribution in [0.25, 0.3) is 38.6 Å². The van der Waals surface area contributed by atoms with Crippen LogP contribution < -0.4 is 0 Å². The predicted molar refractivity (Wildman–Crippen MR) is 148 cm³/mol. The molecule has 1 heterocycles. The summed E-state index contributed by atoms with van der Waals surface area (Å²) in [5.41, 5.74) is 9.89. The van der Waals surface area contributed by atoms with E-state index in [1.54, 1.807) is 0 Å². The minimum absolute atomic E-state index is 0.912. The Balaban J connectivity index is 1.57. The Morgan fingerprint density at radius 2 is 1.47 bits per heavy atom. The maximum Gasteiger partial charge on any atom is 0.0541 e. The van der Waals surface area contributed by atoms with E-state index >= 15 is 0 Å². The molecular formula is C33H29N. The molecule has 0 atom stereocenters. The summed E-state index contributed by atoms with van der Waals surface area (Å²) in [6, 6.07) is 33.0. The molecule has 5 rings (SSSR count). The van der Waals surface area contributed by atoms with Crippen molar-refractivity contribution >= 4 is 21.8 Å². The Morgan fingerprint density at radius 3 is 2.29 bits per heavy atom. The van der Waals surface area contributed by atoms with Crippen molar-refractivity contribution in [3.63, 3.8) is 0 Å². The zero-order valence-corrected chi connectivity index (χ0v) is 19.8. The standard InChI is InChI=1S/C33H29N/c1-24(2)12-6-4-7-13-26-22-27(19-18-25(26)3)28-20-21-33-31(23-28)30-16-10-11-17-32(30)34(33)29-14-8-5-9-15-29/h4-12,14-23H,1,13H2,2-3H3/b7-4-,12-6-. The lowest BCUT2D eigenvalue weighted by Crippen LogP contribution is -1.93. The van der Waals surface area contributed by atoms with Crippen LogP contribution in [-0.4, -0.2) is 4.57 Å². The van der Waals surface area contributed by atoms with Crippen LogP contribution in [0.15, 0.2) is 127 Å². The van der Waals surface area contributed by atoms with E-state index in [-0.39, 0.29) is 0 Å². The molecule has 0 radical (unpaired) electrons. The van der Waals surface area contributed by atoms with E-state index in [9.17, 15) is 0 Å². The van der Waals surface area contributed by atoms with Crippen molar-refractivity contribution in [3.8, 4) is 16.8 Å².